The van der Waals surface area contributed by atoms with Crippen molar-refractivity contribution < 1.29 is 14.3 Å². The summed E-state index contributed by atoms with van der Waals surface area (Å²) in [6.45, 7) is 6.19. The number of benzene rings is 3. The summed E-state index contributed by atoms with van der Waals surface area (Å²) in [6, 6.07) is 24.8. The van der Waals surface area contributed by atoms with Crippen molar-refractivity contribution in [1.82, 2.24) is 4.98 Å². The molecule has 1 fully saturated rings. The molecule has 0 aliphatic heterocycles. The molecule has 0 bridgehead atoms. The van der Waals surface area contributed by atoms with Crippen LogP contribution in [0.3, 0.4) is 0 Å². The maximum Gasteiger partial charge on any atom is 0.305 e. The van der Waals surface area contributed by atoms with Crippen LogP contribution in [0.15, 0.2) is 72.8 Å². The van der Waals surface area contributed by atoms with E-state index >= 15 is 0 Å². The van der Waals surface area contributed by atoms with Crippen LogP contribution in [0.2, 0.25) is 0 Å². The van der Waals surface area contributed by atoms with Crippen LogP contribution in [0.4, 0.5) is 5.69 Å². The number of hydrogen-bond acceptors (Lipinski definition) is 4. The van der Waals surface area contributed by atoms with E-state index in [2.05, 4.69) is 61.6 Å². The smallest absolute Gasteiger partial charge is 0.305 e. The molecule has 0 unspecified atom stereocenters. The molecule has 40 heavy (non-hydrogen) atoms. The van der Waals surface area contributed by atoms with Gasteiger partial charge in [0, 0.05) is 23.2 Å². The zero-order valence-corrected chi connectivity index (χ0v) is 23.9. The summed E-state index contributed by atoms with van der Waals surface area (Å²) in [5, 5.41) is 3.98. The minimum atomic E-state index is -0.123. The summed E-state index contributed by atoms with van der Waals surface area (Å²) >= 11 is 0. The molecule has 0 saturated heterocycles. The lowest BCUT2D eigenvalue weighted by molar-refractivity contribution is -0.142. The molecule has 4 aromatic rings. The maximum absolute atomic E-state index is 13.4. The first-order chi connectivity index (χ1) is 19.3. The van der Waals surface area contributed by atoms with Crippen LogP contribution in [0.25, 0.3) is 22.0 Å². The molecule has 5 nitrogen and oxygen atoms in total. The van der Waals surface area contributed by atoms with E-state index in [4.69, 9.17) is 9.72 Å². The molecule has 1 amide bonds. The average Bonchev–Trinajstić information content (AvgIpc) is 2.97. The standard InChI is InChI=1S/C35H38N2O3/c1-22(2)29-7-5-6-8-32(29)37-35(39)31-19-23(3)36-33-21-28(17-18-30(31)33)27-15-13-26(14-16-27)25-11-9-24(10-12-25)20-34(38)40-4/h5-8,13-19,21-22,24-25H,9-12,20H2,1-4H3,(H,37,39). The first kappa shape index (κ1) is 27.6. The number of amides is 1. The number of esters is 1. The minimum Gasteiger partial charge on any atom is -0.469 e. The predicted octanol–water partition coefficient (Wildman–Crippen LogP) is 8.42. The van der Waals surface area contributed by atoms with Crippen molar-refractivity contribution in [3.63, 3.8) is 0 Å². The normalized spacial score (nSPS) is 17.1. The van der Waals surface area contributed by atoms with Crippen molar-refractivity contribution in [3.05, 3.63) is 95.2 Å². The van der Waals surface area contributed by atoms with Gasteiger partial charge in [0.2, 0.25) is 0 Å². The fourth-order valence-corrected chi connectivity index (χ4v) is 6.00. The van der Waals surface area contributed by atoms with Gasteiger partial charge >= 0.3 is 5.97 Å². The summed E-state index contributed by atoms with van der Waals surface area (Å²) in [5.41, 5.74) is 7.78. The Morgan fingerprint density at radius 3 is 2.33 bits per heavy atom. The Hall–Kier alpha value is -3.99. The number of hydrogen-bond donors (Lipinski definition) is 1. The predicted molar refractivity (Wildman–Crippen MR) is 162 cm³/mol. The van der Waals surface area contributed by atoms with E-state index < -0.39 is 0 Å². The number of pyridine rings is 1. The lowest BCUT2D eigenvalue weighted by Gasteiger charge is -2.28. The number of anilines is 1. The summed E-state index contributed by atoms with van der Waals surface area (Å²) in [6.07, 6.45) is 4.87. The van der Waals surface area contributed by atoms with E-state index in [1.54, 1.807) is 0 Å². The van der Waals surface area contributed by atoms with E-state index in [1.807, 2.05) is 37.3 Å². The number of fused-ring (bicyclic) bond motifs is 1. The molecule has 3 aromatic carbocycles. The number of methoxy groups -OCH3 is 1. The van der Waals surface area contributed by atoms with E-state index in [9.17, 15) is 9.59 Å². The van der Waals surface area contributed by atoms with E-state index in [-0.39, 0.29) is 11.9 Å². The third kappa shape index (κ3) is 6.09. The molecule has 1 aromatic heterocycles. The molecule has 1 aliphatic carbocycles. The summed E-state index contributed by atoms with van der Waals surface area (Å²) in [7, 11) is 1.46. The molecular weight excluding hydrogens is 496 g/mol. The van der Waals surface area contributed by atoms with Crippen molar-refractivity contribution in [2.75, 3.05) is 12.4 Å². The van der Waals surface area contributed by atoms with Crippen LogP contribution in [-0.4, -0.2) is 24.0 Å². The fourth-order valence-electron chi connectivity index (χ4n) is 6.00. The van der Waals surface area contributed by atoms with Crippen LogP contribution in [-0.2, 0) is 9.53 Å². The monoisotopic (exact) mass is 534 g/mol. The molecule has 5 heteroatoms. The Kier molecular flexibility index (Phi) is 8.29. The van der Waals surface area contributed by atoms with Crippen LogP contribution >= 0.6 is 0 Å². The molecule has 5 rings (SSSR count). The quantitative estimate of drug-likeness (QED) is 0.242. The molecule has 1 saturated carbocycles. The highest BCUT2D eigenvalue weighted by Gasteiger charge is 2.24. The Morgan fingerprint density at radius 2 is 1.62 bits per heavy atom. The molecular formula is C35H38N2O3. The number of rotatable bonds is 7. The van der Waals surface area contributed by atoms with Crippen molar-refractivity contribution in [2.45, 2.75) is 64.7 Å². The number of nitrogens with one attached hydrogen (secondary N) is 1. The van der Waals surface area contributed by atoms with Crippen LogP contribution in [0, 0.1) is 12.8 Å². The van der Waals surface area contributed by atoms with Crippen molar-refractivity contribution in [2.24, 2.45) is 5.92 Å². The summed E-state index contributed by atoms with van der Waals surface area (Å²) < 4.78 is 4.84. The molecule has 206 valence electrons. The summed E-state index contributed by atoms with van der Waals surface area (Å²) in [5.74, 6) is 1.06. The second-order valence-electron chi connectivity index (χ2n) is 11.4. The van der Waals surface area contributed by atoms with Gasteiger partial charge in [0.1, 0.15) is 0 Å². The Labute approximate surface area is 237 Å². The molecule has 0 atom stereocenters. The second kappa shape index (κ2) is 12.0. The lowest BCUT2D eigenvalue weighted by Crippen LogP contribution is -2.17. The first-order valence-corrected chi connectivity index (χ1v) is 14.3. The highest BCUT2D eigenvalue weighted by Crippen LogP contribution is 2.38. The average molecular weight is 535 g/mol. The fraction of sp³-hybridized carbons (Fsp3) is 0.343. The van der Waals surface area contributed by atoms with Gasteiger partial charge in [-0.2, -0.15) is 0 Å². The van der Waals surface area contributed by atoms with Crippen molar-refractivity contribution >= 4 is 28.5 Å². The molecule has 0 radical (unpaired) electrons. The topological polar surface area (TPSA) is 68.3 Å². The SMILES string of the molecule is COC(=O)CC1CCC(c2ccc(-c3ccc4c(C(=O)Nc5ccccc5C(C)C)cc(C)nc4c3)cc2)CC1. The number of carbonyl (C=O) groups is 2. The highest BCUT2D eigenvalue weighted by molar-refractivity contribution is 6.13. The van der Waals surface area contributed by atoms with Crippen LogP contribution < -0.4 is 5.32 Å². The van der Waals surface area contributed by atoms with E-state index in [0.717, 1.165) is 64.7 Å². The highest BCUT2D eigenvalue weighted by atomic mass is 16.5. The number of ether oxygens (including phenoxy) is 1. The molecule has 0 spiro atoms. The molecule has 1 aliphatic rings. The van der Waals surface area contributed by atoms with Gasteiger partial charge in [-0.3, -0.25) is 14.6 Å². The zero-order valence-electron chi connectivity index (χ0n) is 23.9. The number of para-hydroxylation sites is 1. The van der Waals surface area contributed by atoms with Gasteiger partial charge in [0.15, 0.2) is 0 Å². The van der Waals surface area contributed by atoms with Gasteiger partial charge < -0.3 is 10.1 Å². The van der Waals surface area contributed by atoms with Gasteiger partial charge in [-0.25, -0.2) is 0 Å². The van der Waals surface area contributed by atoms with Crippen molar-refractivity contribution in [1.29, 1.82) is 0 Å². The molecule has 1 N–H and O–H groups in total. The second-order valence-corrected chi connectivity index (χ2v) is 11.4. The van der Waals surface area contributed by atoms with Gasteiger partial charge in [-0.05, 0) is 90.8 Å². The van der Waals surface area contributed by atoms with E-state index in [1.165, 1.54) is 12.7 Å². The number of carbonyl (C=O) groups excluding carboxylic acids is 2. The maximum atomic E-state index is 13.4. The van der Waals surface area contributed by atoms with Gasteiger partial charge in [0.25, 0.3) is 5.91 Å². The van der Waals surface area contributed by atoms with Crippen molar-refractivity contribution in [3.8, 4) is 11.1 Å². The lowest BCUT2D eigenvalue weighted by atomic mass is 9.77. The van der Waals surface area contributed by atoms with Crippen LogP contribution in [0.5, 0.6) is 0 Å². The molecule has 1 heterocycles. The van der Waals surface area contributed by atoms with E-state index in [0.29, 0.717) is 29.7 Å². The Bertz CT molecular complexity index is 1520. The largest absolute Gasteiger partial charge is 0.469 e. The number of aromatic nitrogens is 1. The van der Waals surface area contributed by atoms with Gasteiger partial charge in [-0.15, -0.1) is 0 Å². The van der Waals surface area contributed by atoms with Gasteiger partial charge in [-0.1, -0.05) is 68.4 Å². The third-order valence-corrected chi connectivity index (χ3v) is 8.26. The minimum absolute atomic E-state index is 0.0999. The number of nitrogens with zero attached hydrogens (tertiary/aromatic N) is 1. The summed E-state index contributed by atoms with van der Waals surface area (Å²) in [4.78, 5) is 29.8. The first-order valence-electron chi connectivity index (χ1n) is 14.3. The number of aryl methyl sites for hydroxylation is 1. The Balaban J connectivity index is 1.34. The van der Waals surface area contributed by atoms with Crippen LogP contribution in [0.1, 0.15) is 85.0 Å². The zero-order chi connectivity index (χ0) is 28.2. The van der Waals surface area contributed by atoms with Gasteiger partial charge in [0.05, 0.1) is 18.2 Å². The third-order valence-electron chi connectivity index (χ3n) is 8.26. The Morgan fingerprint density at radius 1 is 0.925 bits per heavy atom.